The molecule has 10 heteroatoms. The third-order valence-corrected chi connectivity index (χ3v) is 2.42. The topological polar surface area (TPSA) is 123 Å². The first-order chi connectivity index (χ1) is 8.50. The average molecular weight is 252 g/mol. The number of H-pyrrole nitrogens is 1. The van der Waals surface area contributed by atoms with E-state index >= 15 is 0 Å². The number of aryl methyl sites for hydroxylation is 1. The van der Waals surface area contributed by atoms with Crippen molar-refractivity contribution in [2.45, 2.75) is 13.0 Å². The van der Waals surface area contributed by atoms with Crippen LogP contribution in [-0.2, 0) is 14.1 Å². The maximum absolute atomic E-state index is 11.8. The van der Waals surface area contributed by atoms with Gasteiger partial charge in [0.15, 0.2) is 5.82 Å². The molecule has 1 atom stereocenters. The van der Waals surface area contributed by atoms with Gasteiger partial charge >= 0.3 is 5.69 Å². The van der Waals surface area contributed by atoms with Crippen molar-refractivity contribution in [1.82, 2.24) is 35.0 Å². The second-order valence-electron chi connectivity index (χ2n) is 3.75. The minimum atomic E-state index is -0.506. The minimum Gasteiger partial charge on any atom is -0.354 e. The highest BCUT2D eigenvalue weighted by molar-refractivity contribution is 5.31. The van der Waals surface area contributed by atoms with Crippen LogP contribution in [0.1, 0.15) is 18.8 Å². The quantitative estimate of drug-likeness (QED) is 0.658. The minimum absolute atomic E-state index is 0.0527. The van der Waals surface area contributed by atoms with Gasteiger partial charge in [0.1, 0.15) is 0 Å². The van der Waals surface area contributed by atoms with Crippen molar-refractivity contribution in [1.29, 1.82) is 0 Å². The van der Waals surface area contributed by atoms with Gasteiger partial charge in [-0.05, 0) is 6.92 Å². The van der Waals surface area contributed by atoms with Gasteiger partial charge in [-0.2, -0.15) is 5.21 Å². The largest absolute Gasteiger partial charge is 0.354 e. The lowest BCUT2D eigenvalue weighted by atomic mass is 10.3. The van der Waals surface area contributed by atoms with Crippen LogP contribution < -0.4 is 16.6 Å². The van der Waals surface area contributed by atoms with Gasteiger partial charge in [0.05, 0.1) is 6.04 Å². The van der Waals surface area contributed by atoms with Gasteiger partial charge < -0.3 is 5.32 Å². The predicted molar refractivity (Wildman–Crippen MR) is 60.9 cm³/mol. The molecule has 18 heavy (non-hydrogen) atoms. The molecule has 0 aliphatic carbocycles. The standard InChI is InChI=1S/C8H12N8O2/c1-4(5-10-13-14-11-5)9-6-7(17)15(2)8(18)16(3)12-6/h4H,1-3H3,(H,9,12)(H,10,11,13,14). The fourth-order valence-corrected chi connectivity index (χ4v) is 1.41. The number of nitrogens with one attached hydrogen (secondary N) is 2. The molecule has 1 unspecified atom stereocenters. The number of tetrazole rings is 1. The molecule has 2 aromatic rings. The third-order valence-electron chi connectivity index (χ3n) is 2.42. The average Bonchev–Trinajstić information content (AvgIpc) is 2.87. The number of hydrogen-bond donors (Lipinski definition) is 2. The summed E-state index contributed by atoms with van der Waals surface area (Å²) in [6.45, 7) is 1.75. The first-order valence-electron chi connectivity index (χ1n) is 5.15. The van der Waals surface area contributed by atoms with Crippen LogP contribution in [0.2, 0.25) is 0 Å². The maximum atomic E-state index is 11.8. The normalized spacial score (nSPS) is 12.4. The molecule has 0 saturated carbocycles. The lowest BCUT2D eigenvalue weighted by Crippen LogP contribution is -2.40. The molecule has 10 nitrogen and oxygen atoms in total. The number of aromatic amines is 1. The summed E-state index contributed by atoms with van der Waals surface area (Å²) in [6, 6.07) is -0.360. The van der Waals surface area contributed by atoms with E-state index in [-0.39, 0.29) is 11.9 Å². The molecule has 0 aliphatic rings. The van der Waals surface area contributed by atoms with Crippen LogP contribution in [0.5, 0.6) is 0 Å². The summed E-state index contributed by atoms with van der Waals surface area (Å²) in [5, 5.41) is 20.0. The Morgan fingerprint density at radius 2 is 2.06 bits per heavy atom. The van der Waals surface area contributed by atoms with Gasteiger partial charge in [-0.3, -0.25) is 9.36 Å². The molecule has 0 radical (unpaired) electrons. The zero-order valence-corrected chi connectivity index (χ0v) is 10.1. The van der Waals surface area contributed by atoms with E-state index in [1.165, 1.54) is 14.1 Å². The summed E-state index contributed by atoms with van der Waals surface area (Å²) < 4.78 is 2.05. The van der Waals surface area contributed by atoms with E-state index in [1.54, 1.807) is 6.92 Å². The monoisotopic (exact) mass is 252 g/mol. The van der Waals surface area contributed by atoms with Gasteiger partial charge in [-0.15, -0.1) is 15.3 Å². The summed E-state index contributed by atoms with van der Waals surface area (Å²) >= 11 is 0. The molecule has 2 aromatic heterocycles. The van der Waals surface area contributed by atoms with Crippen molar-refractivity contribution in [2.24, 2.45) is 14.1 Å². The van der Waals surface area contributed by atoms with Gasteiger partial charge in [0, 0.05) is 14.1 Å². The zero-order chi connectivity index (χ0) is 13.3. The van der Waals surface area contributed by atoms with Gasteiger partial charge in [0.25, 0.3) is 5.56 Å². The van der Waals surface area contributed by atoms with Crippen LogP contribution in [0.25, 0.3) is 0 Å². The van der Waals surface area contributed by atoms with E-state index in [1.807, 2.05) is 0 Å². The number of aromatic nitrogens is 7. The van der Waals surface area contributed by atoms with E-state index in [9.17, 15) is 9.59 Å². The van der Waals surface area contributed by atoms with Gasteiger partial charge in [0.2, 0.25) is 5.82 Å². The van der Waals surface area contributed by atoms with Crippen molar-refractivity contribution < 1.29 is 0 Å². The van der Waals surface area contributed by atoms with Crippen LogP contribution in [0.4, 0.5) is 5.82 Å². The number of nitrogens with zero attached hydrogens (tertiary/aromatic N) is 6. The Hall–Kier alpha value is -2.52. The SMILES string of the molecule is CC(Nc1nn(C)c(=O)n(C)c1=O)c1nn[nH]n1. The van der Waals surface area contributed by atoms with E-state index in [0.29, 0.717) is 5.82 Å². The number of anilines is 1. The van der Waals surface area contributed by atoms with Crippen molar-refractivity contribution in [3.8, 4) is 0 Å². The second kappa shape index (κ2) is 4.39. The molecule has 0 spiro atoms. The van der Waals surface area contributed by atoms with Gasteiger partial charge in [-0.25, -0.2) is 9.48 Å². The Kier molecular flexibility index (Phi) is 2.92. The first-order valence-corrected chi connectivity index (χ1v) is 5.15. The molecule has 0 amide bonds. The van der Waals surface area contributed by atoms with E-state index in [4.69, 9.17) is 0 Å². The summed E-state index contributed by atoms with van der Waals surface area (Å²) in [7, 11) is 2.85. The number of hydrogen-bond acceptors (Lipinski definition) is 7. The molecule has 2 N–H and O–H groups in total. The molecular weight excluding hydrogens is 240 g/mol. The number of rotatable bonds is 3. The molecule has 2 heterocycles. The molecular formula is C8H12N8O2. The van der Waals surface area contributed by atoms with Gasteiger partial charge in [-0.1, -0.05) is 5.21 Å². The third kappa shape index (κ3) is 1.99. The molecule has 0 fully saturated rings. The lowest BCUT2D eigenvalue weighted by Gasteiger charge is -2.11. The second-order valence-corrected chi connectivity index (χ2v) is 3.75. The summed E-state index contributed by atoms with van der Waals surface area (Å²) in [6.07, 6.45) is 0. The van der Waals surface area contributed by atoms with Crippen LogP contribution >= 0.6 is 0 Å². The fraction of sp³-hybridized carbons (Fsp3) is 0.500. The van der Waals surface area contributed by atoms with Crippen molar-refractivity contribution in [3.05, 3.63) is 26.7 Å². The Balaban J connectivity index is 2.36. The Bertz CT molecular complexity index is 655. The summed E-state index contributed by atoms with van der Waals surface area (Å²) in [4.78, 5) is 23.3. The van der Waals surface area contributed by atoms with Crippen LogP contribution in [0.3, 0.4) is 0 Å². The van der Waals surface area contributed by atoms with Crippen molar-refractivity contribution >= 4 is 5.82 Å². The Labute approximate surface area is 101 Å². The summed E-state index contributed by atoms with van der Waals surface area (Å²) in [5.41, 5.74) is -0.994. The lowest BCUT2D eigenvalue weighted by molar-refractivity contribution is 0.599. The molecule has 0 saturated heterocycles. The molecule has 0 bridgehead atoms. The zero-order valence-electron chi connectivity index (χ0n) is 10.1. The Morgan fingerprint density at radius 3 is 2.67 bits per heavy atom. The Morgan fingerprint density at radius 1 is 1.33 bits per heavy atom. The highest BCUT2D eigenvalue weighted by Crippen LogP contribution is 2.08. The molecule has 96 valence electrons. The fourth-order valence-electron chi connectivity index (χ4n) is 1.41. The maximum Gasteiger partial charge on any atom is 0.346 e. The summed E-state index contributed by atoms with van der Waals surface area (Å²) in [5.74, 6) is 0.449. The molecule has 0 aliphatic heterocycles. The van der Waals surface area contributed by atoms with E-state index < -0.39 is 11.2 Å². The van der Waals surface area contributed by atoms with E-state index in [2.05, 4.69) is 31.0 Å². The van der Waals surface area contributed by atoms with Crippen molar-refractivity contribution in [3.63, 3.8) is 0 Å². The highest BCUT2D eigenvalue weighted by Gasteiger charge is 2.15. The van der Waals surface area contributed by atoms with Crippen LogP contribution in [-0.4, -0.2) is 35.0 Å². The predicted octanol–water partition coefficient (Wildman–Crippen LogP) is -1.83. The highest BCUT2D eigenvalue weighted by atomic mass is 16.2. The van der Waals surface area contributed by atoms with Crippen LogP contribution in [0.15, 0.2) is 9.59 Å². The molecule has 2 rings (SSSR count). The van der Waals surface area contributed by atoms with Crippen molar-refractivity contribution in [2.75, 3.05) is 5.32 Å². The van der Waals surface area contributed by atoms with E-state index in [0.717, 1.165) is 9.25 Å². The molecule has 0 aromatic carbocycles. The first kappa shape index (κ1) is 12.0. The van der Waals surface area contributed by atoms with Crippen LogP contribution in [0, 0.1) is 0 Å². The smallest absolute Gasteiger partial charge is 0.346 e.